The van der Waals surface area contributed by atoms with E-state index in [0.717, 1.165) is 18.1 Å². The zero-order chi connectivity index (χ0) is 11.0. The molecule has 0 radical (unpaired) electrons. The molecule has 0 fully saturated rings. The van der Waals surface area contributed by atoms with E-state index in [2.05, 4.69) is 19.2 Å². The molecule has 0 saturated carbocycles. The average molecular weight is 218 g/mol. The second-order valence-corrected chi connectivity index (χ2v) is 5.05. The van der Waals surface area contributed by atoms with Crippen LogP contribution in [-0.2, 0) is 4.79 Å². The van der Waals surface area contributed by atoms with E-state index in [1.807, 2.05) is 11.8 Å². The van der Waals surface area contributed by atoms with Crippen molar-refractivity contribution in [2.24, 2.45) is 11.7 Å². The summed E-state index contributed by atoms with van der Waals surface area (Å²) in [7, 11) is 1.77. The Kier molecular flexibility index (Phi) is 7.99. The van der Waals surface area contributed by atoms with Gasteiger partial charge in [-0.3, -0.25) is 4.79 Å². The Morgan fingerprint density at radius 1 is 1.36 bits per heavy atom. The predicted molar refractivity (Wildman–Crippen MR) is 63.4 cm³/mol. The lowest BCUT2D eigenvalue weighted by Crippen LogP contribution is -2.39. The van der Waals surface area contributed by atoms with E-state index in [4.69, 9.17) is 5.73 Å². The molecular weight excluding hydrogens is 196 g/mol. The highest BCUT2D eigenvalue weighted by Crippen LogP contribution is 2.10. The summed E-state index contributed by atoms with van der Waals surface area (Å²) in [6.45, 7) is 4.45. The zero-order valence-electron chi connectivity index (χ0n) is 9.38. The Labute approximate surface area is 91.2 Å². The molecule has 0 spiro atoms. The number of nitrogens with two attached hydrogens (primary N) is 1. The molecule has 84 valence electrons. The van der Waals surface area contributed by atoms with Gasteiger partial charge in [-0.05, 0) is 37.3 Å². The molecule has 0 bridgehead atoms. The van der Waals surface area contributed by atoms with Crippen molar-refractivity contribution >= 4 is 17.7 Å². The Morgan fingerprint density at radius 3 is 2.36 bits per heavy atom. The number of primary amides is 1. The van der Waals surface area contributed by atoms with Gasteiger partial charge in [0.1, 0.15) is 0 Å². The number of nitrogens with one attached hydrogen (secondary N) is 1. The summed E-state index contributed by atoms with van der Waals surface area (Å²) in [5.41, 5.74) is 5.20. The molecule has 0 rings (SSSR count). The molecule has 1 unspecified atom stereocenters. The highest BCUT2D eigenvalue weighted by atomic mass is 32.2. The summed E-state index contributed by atoms with van der Waals surface area (Å²) in [6, 6.07) is -0.165. The molecular formula is C10H22N2OS. The van der Waals surface area contributed by atoms with Crippen LogP contribution in [-0.4, -0.2) is 30.5 Å². The maximum absolute atomic E-state index is 10.9. The van der Waals surface area contributed by atoms with Crippen molar-refractivity contribution in [2.45, 2.75) is 32.7 Å². The largest absolute Gasteiger partial charge is 0.368 e. The van der Waals surface area contributed by atoms with Gasteiger partial charge < -0.3 is 11.1 Å². The molecule has 0 aromatic heterocycles. The fourth-order valence-electron chi connectivity index (χ4n) is 1.05. The van der Waals surface area contributed by atoms with Gasteiger partial charge in [-0.15, -0.1) is 0 Å². The van der Waals surface area contributed by atoms with Crippen LogP contribution < -0.4 is 11.1 Å². The summed E-state index contributed by atoms with van der Waals surface area (Å²) in [5.74, 6) is 2.68. The highest BCUT2D eigenvalue weighted by Gasteiger charge is 2.11. The summed E-state index contributed by atoms with van der Waals surface area (Å²) in [5, 5.41) is 2.91. The number of thioether (sulfide) groups is 1. The number of carbonyl (C=O) groups excluding carboxylic acids is 1. The van der Waals surface area contributed by atoms with Crippen LogP contribution in [0.15, 0.2) is 0 Å². The van der Waals surface area contributed by atoms with Gasteiger partial charge in [0.25, 0.3) is 0 Å². The van der Waals surface area contributed by atoms with Crippen LogP contribution in [0.3, 0.4) is 0 Å². The first-order valence-corrected chi connectivity index (χ1v) is 6.27. The number of likely N-dealkylation sites (N-methyl/N-ethyl adjacent to an activating group) is 1. The zero-order valence-corrected chi connectivity index (χ0v) is 10.2. The molecule has 0 aromatic carbocycles. The first-order valence-electron chi connectivity index (χ1n) is 5.12. The van der Waals surface area contributed by atoms with Crippen LogP contribution >= 0.6 is 11.8 Å². The molecule has 0 heterocycles. The molecule has 3 nitrogen and oxygen atoms in total. The van der Waals surface area contributed by atoms with Crippen LogP contribution in [0, 0.1) is 5.92 Å². The molecule has 1 atom stereocenters. The van der Waals surface area contributed by atoms with E-state index >= 15 is 0 Å². The maximum atomic E-state index is 10.9. The minimum atomic E-state index is -0.253. The fourth-order valence-corrected chi connectivity index (χ4v) is 2.30. The third-order valence-electron chi connectivity index (χ3n) is 2.08. The highest BCUT2D eigenvalue weighted by molar-refractivity contribution is 7.99. The van der Waals surface area contributed by atoms with Crippen molar-refractivity contribution < 1.29 is 4.79 Å². The average Bonchev–Trinajstić information content (AvgIpc) is 2.10. The monoisotopic (exact) mass is 218 g/mol. The minimum absolute atomic E-state index is 0.165. The Hall–Kier alpha value is -0.220. The lowest BCUT2D eigenvalue weighted by molar-refractivity contribution is -0.119. The second kappa shape index (κ2) is 8.12. The van der Waals surface area contributed by atoms with E-state index in [0.29, 0.717) is 0 Å². The van der Waals surface area contributed by atoms with Crippen molar-refractivity contribution in [2.75, 3.05) is 18.6 Å². The van der Waals surface area contributed by atoms with Crippen molar-refractivity contribution in [3.63, 3.8) is 0 Å². The van der Waals surface area contributed by atoms with Gasteiger partial charge in [-0.25, -0.2) is 0 Å². The summed E-state index contributed by atoms with van der Waals surface area (Å²) in [4.78, 5) is 10.9. The Balaban J connectivity index is 3.38. The normalized spacial score (nSPS) is 13.1. The van der Waals surface area contributed by atoms with Gasteiger partial charge in [-0.1, -0.05) is 13.8 Å². The Morgan fingerprint density at radius 2 is 1.93 bits per heavy atom. The second-order valence-electron chi connectivity index (χ2n) is 3.83. The Bertz CT molecular complexity index is 162. The number of carbonyl (C=O) groups is 1. The molecule has 0 aliphatic carbocycles. The molecule has 3 N–H and O–H groups in total. The van der Waals surface area contributed by atoms with E-state index in [1.165, 1.54) is 12.2 Å². The first-order chi connectivity index (χ1) is 6.57. The predicted octanol–water partition coefficient (Wildman–Crippen LogP) is 1.23. The van der Waals surface area contributed by atoms with Crippen molar-refractivity contribution in [3.8, 4) is 0 Å². The van der Waals surface area contributed by atoms with Crippen LogP contribution in [0.4, 0.5) is 0 Å². The van der Waals surface area contributed by atoms with E-state index in [1.54, 1.807) is 7.05 Å². The van der Waals surface area contributed by atoms with Crippen LogP contribution in [0.2, 0.25) is 0 Å². The van der Waals surface area contributed by atoms with Crippen LogP contribution in [0.25, 0.3) is 0 Å². The van der Waals surface area contributed by atoms with Gasteiger partial charge in [0.2, 0.25) is 5.91 Å². The summed E-state index contributed by atoms with van der Waals surface area (Å²) in [6.07, 6.45) is 2.07. The molecule has 0 aliphatic heterocycles. The van der Waals surface area contributed by atoms with E-state index in [9.17, 15) is 4.79 Å². The first kappa shape index (κ1) is 13.8. The van der Waals surface area contributed by atoms with Gasteiger partial charge in [0.05, 0.1) is 6.04 Å². The summed E-state index contributed by atoms with van der Waals surface area (Å²) < 4.78 is 0. The van der Waals surface area contributed by atoms with Crippen molar-refractivity contribution in [1.82, 2.24) is 5.32 Å². The number of hydrogen-bond donors (Lipinski definition) is 2. The number of rotatable bonds is 8. The number of amides is 1. The van der Waals surface area contributed by atoms with Crippen molar-refractivity contribution in [1.29, 1.82) is 0 Å². The van der Waals surface area contributed by atoms with Crippen LogP contribution in [0.5, 0.6) is 0 Å². The van der Waals surface area contributed by atoms with Gasteiger partial charge in [-0.2, -0.15) is 11.8 Å². The van der Waals surface area contributed by atoms with Crippen LogP contribution in [0.1, 0.15) is 26.7 Å². The van der Waals surface area contributed by atoms with Gasteiger partial charge >= 0.3 is 0 Å². The maximum Gasteiger partial charge on any atom is 0.234 e. The number of hydrogen-bond acceptors (Lipinski definition) is 3. The molecule has 0 aliphatic rings. The minimum Gasteiger partial charge on any atom is -0.368 e. The smallest absolute Gasteiger partial charge is 0.234 e. The lowest BCUT2D eigenvalue weighted by atomic mass is 10.2. The molecule has 0 saturated heterocycles. The van der Waals surface area contributed by atoms with Gasteiger partial charge in [0, 0.05) is 0 Å². The molecule has 0 aromatic rings. The molecule has 1 amide bonds. The third-order valence-corrected chi connectivity index (χ3v) is 3.13. The standard InChI is InChI=1S/C10H22N2OS/c1-8(2)4-6-14-7-5-9(12-3)10(11)13/h8-9,12H,4-7H2,1-3H3,(H2,11,13). The fraction of sp³-hybridized carbons (Fsp3) is 0.900. The molecule has 4 heteroatoms. The van der Waals surface area contributed by atoms with Crippen molar-refractivity contribution in [3.05, 3.63) is 0 Å². The lowest BCUT2D eigenvalue weighted by Gasteiger charge is -2.11. The third kappa shape index (κ3) is 7.21. The topological polar surface area (TPSA) is 55.1 Å². The van der Waals surface area contributed by atoms with Gasteiger partial charge in [0.15, 0.2) is 0 Å². The van der Waals surface area contributed by atoms with E-state index in [-0.39, 0.29) is 11.9 Å². The van der Waals surface area contributed by atoms with E-state index < -0.39 is 0 Å². The SMILES string of the molecule is CNC(CCSCCC(C)C)C(N)=O. The summed E-state index contributed by atoms with van der Waals surface area (Å²) >= 11 is 1.89. The molecule has 14 heavy (non-hydrogen) atoms. The quantitative estimate of drug-likeness (QED) is 0.603.